The van der Waals surface area contributed by atoms with Gasteiger partial charge in [-0.2, -0.15) is 13.2 Å². The van der Waals surface area contributed by atoms with E-state index in [-0.39, 0.29) is 11.4 Å². The average Bonchev–Trinajstić information content (AvgIpc) is 2.66. The van der Waals surface area contributed by atoms with Gasteiger partial charge >= 0.3 is 6.18 Å². The van der Waals surface area contributed by atoms with Crippen LogP contribution in [0, 0.1) is 0 Å². The highest BCUT2D eigenvalue weighted by Crippen LogP contribution is 2.38. The molecule has 0 saturated heterocycles. The molecule has 28 heavy (non-hydrogen) atoms. The summed E-state index contributed by atoms with van der Waals surface area (Å²) in [5.41, 5.74) is -0.403. The van der Waals surface area contributed by atoms with Crippen molar-refractivity contribution >= 4 is 10.0 Å². The minimum absolute atomic E-state index is 0.123. The summed E-state index contributed by atoms with van der Waals surface area (Å²) in [4.78, 5) is -0.273. The first-order valence-corrected chi connectivity index (χ1v) is 9.65. The van der Waals surface area contributed by atoms with Crippen LogP contribution in [0.3, 0.4) is 0 Å². The molecule has 0 unspecified atom stereocenters. The molecule has 2 aromatic rings. The first kappa shape index (κ1) is 21.8. The SMILES string of the molecule is CCOc1c(OC)cc(CNS(=O)(=O)c2ccc(C(F)(F)F)cc2)cc1OC. The third-order valence-corrected chi connectivity index (χ3v) is 5.18. The Hall–Kier alpha value is -2.46. The van der Waals surface area contributed by atoms with E-state index in [0.29, 0.717) is 29.4 Å². The van der Waals surface area contributed by atoms with Crippen molar-refractivity contribution in [3.8, 4) is 17.2 Å². The lowest BCUT2D eigenvalue weighted by Gasteiger charge is -2.15. The smallest absolute Gasteiger partial charge is 0.416 e. The van der Waals surface area contributed by atoms with Gasteiger partial charge < -0.3 is 14.2 Å². The van der Waals surface area contributed by atoms with Crippen molar-refractivity contribution in [2.45, 2.75) is 24.5 Å². The van der Waals surface area contributed by atoms with E-state index in [1.807, 2.05) is 0 Å². The lowest BCUT2D eigenvalue weighted by atomic mass is 10.2. The predicted octanol–water partition coefficient (Wildman–Crippen LogP) is 3.60. The summed E-state index contributed by atoms with van der Waals surface area (Å²) >= 11 is 0. The third-order valence-electron chi connectivity index (χ3n) is 3.77. The van der Waals surface area contributed by atoms with Gasteiger partial charge in [0.05, 0.1) is 31.3 Å². The maximum atomic E-state index is 12.6. The van der Waals surface area contributed by atoms with E-state index in [2.05, 4.69) is 4.72 Å². The van der Waals surface area contributed by atoms with Crippen molar-refractivity contribution in [2.24, 2.45) is 0 Å². The van der Waals surface area contributed by atoms with E-state index in [9.17, 15) is 21.6 Å². The van der Waals surface area contributed by atoms with Crippen LogP contribution in [0.5, 0.6) is 17.2 Å². The normalized spacial score (nSPS) is 11.9. The Morgan fingerprint density at radius 1 is 1.00 bits per heavy atom. The Morgan fingerprint density at radius 2 is 1.54 bits per heavy atom. The number of rotatable bonds is 8. The van der Waals surface area contributed by atoms with Crippen LogP contribution in [-0.2, 0) is 22.7 Å². The quantitative estimate of drug-likeness (QED) is 0.708. The standard InChI is InChI=1S/C18H20F3NO5S/c1-4-27-17-15(25-2)9-12(10-16(17)26-3)11-22-28(23,24)14-7-5-13(6-8-14)18(19,20)21/h5-10,22H,4,11H2,1-3H3. The number of sulfonamides is 1. The largest absolute Gasteiger partial charge is 0.493 e. The van der Waals surface area contributed by atoms with E-state index >= 15 is 0 Å². The van der Waals surface area contributed by atoms with Crippen molar-refractivity contribution in [1.82, 2.24) is 4.72 Å². The van der Waals surface area contributed by atoms with E-state index in [4.69, 9.17) is 14.2 Å². The fourth-order valence-electron chi connectivity index (χ4n) is 2.41. The lowest BCUT2D eigenvalue weighted by molar-refractivity contribution is -0.137. The Balaban J connectivity index is 2.22. The fourth-order valence-corrected chi connectivity index (χ4v) is 3.43. The van der Waals surface area contributed by atoms with Crippen LogP contribution >= 0.6 is 0 Å². The van der Waals surface area contributed by atoms with Crippen molar-refractivity contribution in [1.29, 1.82) is 0 Å². The summed E-state index contributed by atoms with van der Waals surface area (Å²) in [5.74, 6) is 1.12. The van der Waals surface area contributed by atoms with Crippen LogP contribution in [0.2, 0.25) is 0 Å². The molecule has 0 aliphatic rings. The summed E-state index contributed by atoms with van der Waals surface area (Å²) in [7, 11) is -1.13. The van der Waals surface area contributed by atoms with Crippen LogP contribution in [0.1, 0.15) is 18.1 Å². The highest BCUT2D eigenvalue weighted by molar-refractivity contribution is 7.89. The van der Waals surface area contributed by atoms with Crippen LogP contribution in [0.25, 0.3) is 0 Å². The molecule has 1 N–H and O–H groups in total. The van der Waals surface area contributed by atoms with Gasteiger partial charge in [0.1, 0.15) is 0 Å². The molecule has 0 bridgehead atoms. The molecule has 0 heterocycles. The maximum Gasteiger partial charge on any atom is 0.416 e. The molecule has 2 aromatic carbocycles. The Bertz CT molecular complexity index is 887. The van der Waals surface area contributed by atoms with E-state index < -0.39 is 21.8 Å². The fraction of sp³-hybridized carbons (Fsp3) is 0.333. The molecule has 0 radical (unpaired) electrons. The number of methoxy groups -OCH3 is 2. The summed E-state index contributed by atoms with van der Waals surface area (Å²) in [6.07, 6.45) is -4.54. The van der Waals surface area contributed by atoms with Gasteiger partial charge in [-0.15, -0.1) is 0 Å². The molecular formula is C18H20F3NO5S. The van der Waals surface area contributed by atoms with Crippen LogP contribution < -0.4 is 18.9 Å². The molecule has 0 saturated carbocycles. The van der Waals surface area contributed by atoms with Crippen LogP contribution in [-0.4, -0.2) is 29.2 Å². The summed E-state index contributed by atoms with van der Waals surface area (Å²) in [6, 6.07) is 6.43. The first-order valence-electron chi connectivity index (χ1n) is 8.17. The predicted molar refractivity (Wildman–Crippen MR) is 96.2 cm³/mol. The lowest BCUT2D eigenvalue weighted by Crippen LogP contribution is -2.23. The molecular weight excluding hydrogens is 399 g/mol. The van der Waals surface area contributed by atoms with E-state index in [1.54, 1.807) is 19.1 Å². The summed E-state index contributed by atoms with van der Waals surface area (Å²) in [5, 5.41) is 0. The monoisotopic (exact) mass is 419 g/mol. The molecule has 10 heteroatoms. The number of hydrogen-bond donors (Lipinski definition) is 1. The second-order valence-electron chi connectivity index (χ2n) is 5.61. The van der Waals surface area contributed by atoms with Crippen molar-refractivity contribution in [3.05, 3.63) is 47.5 Å². The molecule has 0 amide bonds. The summed E-state index contributed by atoms with van der Waals surface area (Å²) < 4.78 is 80.9. The van der Waals surface area contributed by atoms with E-state index in [1.165, 1.54) is 14.2 Å². The first-order chi connectivity index (χ1) is 13.1. The second kappa shape index (κ2) is 8.70. The maximum absolute atomic E-state index is 12.6. The molecule has 2 rings (SSSR count). The highest BCUT2D eigenvalue weighted by atomic mass is 32.2. The van der Waals surface area contributed by atoms with Gasteiger partial charge in [0.2, 0.25) is 15.8 Å². The Morgan fingerprint density at radius 3 is 1.96 bits per heavy atom. The van der Waals surface area contributed by atoms with Crippen molar-refractivity contribution < 1.29 is 35.8 Å². The van der Waals surface area contributed by atoms with Crippen LogP contribution in [0.4, 0.5) is 13.2 Å². The number of hydrogen-bond acceptors (Lipinski definition) is 5. The topological polar surface area (TPSA) is 73.9 Å². The molecule has 6 nitrogen and oxygen atoms in total. The Kier molecular flexibility index (Phi) is 6.78. The summed E-state index contributed by atoms with van der Waals surface area (Å²) in [6.45, 7) is 2.06. The van der Waals surface area contributed by atoms with Gasteiger partial charge in [0, 0.05) is 6.54 Å². The zero-order valence-corrected chi connectivity index (χ0v) is 16.3. The van der Waals surface area contributed by atoms with Crippen LogP contribution in [0.15, 0.2) is 41.3 Å². The molecule has 0 aliphatic carbocycles. The van der Waals surface area contributed by atoms with E-state index in [0.717, 1.165) is 24.3 Å². The average molecular weight is 419 g/mol. The van der Waals surface area contributed by atoms with Gasteiger partial charge in [-0.25, -0.2) is 13.1 Å². The van der Waals surface area contributed by atoms with Crippen molar-refractivity contribution in [3.63, 3.8) is 0 Å². The number of halogens is 3. The van der Waals surface area contributed by atoms with Gasteiger partial charge in [-0.1, -0.05) is 0 Å². The second-order valence-corrected chi connectivity index (χ2v) is 7.38. The number of nitrogens with one attached hydrogen (secondary N) is 1. The van der Waals surface area contributed by atoms with Gasteiger partial charge in [-0.3, -0.25) is 0 Å². The third kappa shape index (κ3) is 5.08. The molecule has 0 spiro atoms. The Labute approximate surface area is 161 Å². The number of alkyl halides is 3. The number of benzene rings is 2. The molecule has 154 valence electrons. The van der Waals surface area contributed by atoms with Gasteiger partial charge in [0.15, 0.2) is 11.5 Å². The molecule has 0 fully saturated rings. The molecule has 0 aromatic heterocycles. The minimum atomic E-state index is -4.54. The van der Waals surface area contributed by atoms with Gasteiger partial charge in [0.25, 0.3) is 0 Å². The number of ether oxygens (including phenoxy) is 3. The molecule has 0 atom stereocenters. The minimum Gasteiger partial charge on any atom is -0.493 e. The van der Waals surface area contributed by atoms with Gasteiger partial charge in [-0.05, 0) is 48.9 Å². The molecule has 0 aliphatic heterocycles. The van der Waals surface area contributed by atoms with Crippen molar-refractivity contribution in [2.75, 3.05) is 20.8 Å². The zero-order valence-electron chi connectivity index (χ0n) is 15.5. The highest BCUT2D eigenvalue weighted by Gasteiger charge is 2.30. The zero-order chi connectivity index (χ0) is 20.9.